The first-order valence-corrected chi connectivity index (χ1v) is 8.21. The molecule has 0 spiro atoms. The maximum atomic E-state index is 13.8. The summed E-state index contributed by atoms with van der Waals surface area (Å²) in [5, 5.41) is 9.49. The van der Waals surface area contributed by atoms with E-state index in [9.17, 15) is 18.7 Å². The Labute approximate surface area is 140 Å². The van der Waals surface area contributed by atoms with Gasteiger partial charge in [0.05, 0.1) is 30.6 Å². The average molecular weight is 341 g/mol. The number of ketones is 1. The molecule has 0 aromatic carbocycles. The summed E-state index contributed by atoms with van der Waals surface area (Å²) in [6.45, 7) is 5.84. The normalized spacial score (nSPS) is 31.9. The van der Waals surface area contributed by atoms with E-state index in [4.69, 9.17) is 5.73 Å². The van der Waals surface area contributed by atoms with Crippen molar-refractivity contribution in [2.24, 2.45) is 10.7 Å². The Morgan fingerprint density at radius 2 is 2.17 bits per heavy atom. The van der Waals surface area contributed by atoms with Crippen molar-refractivity contribution < 1.29 is 18.7 Å². The molecule has 0 radical (unpaired) electrons. The zero-order valence-corrected chi connectivity index (χ0v) is 14.0. The van der Waals surface area contributed by atoms with Crippen molar-refractivity contribution in [1.82, 2.24) is 4.90 Å². The second-order valence-electron chi connectivity index (χ2n) is 6.46. The second-order valence-corrected chi connectivity index (χ2v) is 6.46. The van der Waals surface area contributed by atoms with Gasteiger partial charge in [-0.1, -0.05) is 6.58 Å². The summed E-state index contributed by atoms with van der Waals surface area (Å²) in [6, 6.07) is 0. The molecule has 0 aromatic rings. The van der Waals surface area contributed by atoms with Crippen LogP contribution in [0.15, 0.2) is 28.5 Å². The van der Waals surface area contributed by atoms with E-state index in [1.165, 1.54) is 6.92 Å². The summed E-state index contributed by atoms with van der Waals surface area (Å²) in [6.07, 6.45) is -2.17. The first-order valence-electron chi connectivity index (χ1n) is 8.21. The van der Waals surface area contributed by atoms with Crippen molar-refractivity contribution >= 4 is 11.5 Å². The minimum atomic E-state index is -1.36. The van der Waals surface area contributed by atoms with E-state index in [0.29, 0.717) is 48.5 Å². The SMILES string of the molecule is C=C(/C(N)=C1\CC(F)CCC1=NCC(C)=O)N1CCC(O)C(F)C1. The lowest BCUT2D eigenvalue weighted by molar-refractivity contribution is -0.115. The fraction of sp³-hybridized carbons (Fsp3) is 0.647. The molecule has 1 aliphatic heterocycles. The summed E-state index contributed by atoms with van der Waals surface area (Å²) in [7, 11) is 0. The van der Waals surface area contributed by atoms with Crippen LogP contribution >= 0.6 is 0 Å². The third kappa shape index (κ3) is 4.41. The Bertz CT molecular complexity index is 574. The summed E-state index contributed by atoms with van der Waals surface area (Å²) >= 11 is 0. The lowest BCUT2D eigenvalue weighted by Gasteiger charge is -2.36. The number of nitrogens with zero attached hydrogens (tertiary/aromatic N) is 2. The fourth-order valence-corrected chi connectivity index (χ4v) is 3.01. The molecule has 1 saturated heterocycles. The maximum Gasteiger partial charge on any atom is 0.151 e. The first kappa shape index (κ1) is 18.6. The molecular formula is C17H25F2N3O2. The van der Waals surface area contributed by atoms with Crippen molar-refractivity contribution in [2.45, 2.75) is 51.1 Å². The van der Waals surface area contributed by atoms with Gasteiger partial charge in [0.2, 0.25) is 0 Å². The van der Waals surface area contributed by atoms with Crippen LogP contribution in [-0.4, -0.2) is 59.6 Å². The van der Waals surface area contributed by atoms with Gasteiger partial charge in [0.25, 0.3) is 0 Å². The second kappa shape index (κ2) is 7.88. The van der Waals surface area contributed by atoms with Crippen LogP contribution in [0.5, 0.6) is 0 Å². The standard InChI is InChI=1S/C17H25F2N3O2/c1-10(23)8-21-15-4-3-12(18)7-13(15)17(20)11(2)22-6-5-16(24)14(19)9-22/h12,14,16,24H,2-9,20H2,1H3/b17-13-,21-15?. The van der Waals surface area contributed by atoms with Gasteiger partial charge in [-0.15, -0.1) is 0 Å². The van der Waals surface area contributed by atoms with Gasteiger partial charge in [-0.05, 0) is 26.2 Å². The number of likely N-dealkylation sites (tertiary alicyclic amines) is 1. The van der Waals surface area contributed by atoms with Gasteiger partial charge in [0.1, 0.15) is 12.3 Å². The number of aliphatic hydroxyl groups excluding tert-OH is 1. The third-order valence-electron chi connectivity index (χ3n) is 4.49. The molecule has 2 aliphatic rings. The number of aliphatic hydroxyl groups is 1. The zero-order valence-electron chi connectivity index (χ0n) is 14.0. The van der Waals surface area contributed by atoms with Crippen LogP contribution < -0.4 is 5.73 Å². The van der Waals surface area contributed by atoms with Crippen molar-refractivity contribution in [3.05, 3.63) is 23.5 Å². The zero-order chi connectivity index (χ0) is 17.9. The van der Waals surface area contributed by atoms with Gasteiger partial charge in [-0.3, -0.25) is 9.79 Å². The Morgan fingerprint density at radius 3 is 2.79 bits per heavy atom. The Kier molecular flexibility index (Phi) is 6.10. The number of Topliss-reactive ketones (excluding diaryl/α,β-unsaturated/α-hetero) is 1. The van der Waals surface area contributed by atoms with Gasteiger partial charge in [-0.25, -0.2) is 8.78 Å². The first-order chi connectivity index (χ1) is 11.3. The minimum Gasteiger partial charge on any atom is -0.397 e. The van der Waals surface area contributed by atoms with Crippen LogP contribution in [0.2, 0.25) is 0 Å². The number of carbonyl (C=O) groups is 1. The molecule has 3 N–H and O–H groups in total. The molecule has 134 valence electrons. The van der Waals surface area contributed by atoms with Crippen LogP contribution in [0.1, 0.15) is 32.6 Å². The van der Waals surface area contributed by atoms with E-state index >= 15 is 0 Å². The molecule has 2 fully saturated rings. The van der Waals surface area contributed by atoms with E-state index in [1.54, 1.807) is 4.90 Å². The molecule has 7 heteroatoms. The molecule has 2 rings (SSSR count). The number of halogens is 2. The Morgan fingerprint density at radius 1 is 1.46 bits per heavy atom. The van der Waals surface area contributed by atoms with E-state index < -0.39 is 18.4 Å². The Balaban J connectivity index is 2.22. The van der Waals surface area contributed by atoms with Gasteiger partial charge in [-0.2, -0.15) is 0 Å². The van der Waals surface area contributed by atoms with Gasteiger partial charge < -0.3 is 15.7 Å². The monoisotopic (exact) mass is 341 g/mol. The average Bonchev–Trinajstić information content (AvgIpc) is 2.54. The molecule has 24 heavy (non-hydrogen) atoms. The number of alkyl halides is 2. The lowest BCUT2D eigenvalue weighted by atomic mass is 9.89. The molecule has 5 nitrogen and oxygen atoms in total. The van der Waals surface area contributed by atoms with E-state index in [2.05, 4.69) is 11.6 Å². The molecule has 3 atom stereocenters. The number of rotatable bonds is 4. The molecular weight excluding hydrogens is 316 g/mol. The molecule has 1 heterocycles. The largest absolute Gasteiger partial charge is 0.397 e. The van der Waals surface area contributed by atoms with E-state index in [-0.39, 0.29) is 25.3 Å². The quantitative estimate of drug-likeness (QED) is 0.815. The highest BCUT2D eigenvalue weighted by molar-refractivity contribution is 6.03. The summed E-state index contributed by atoms with van der Waals surface area (Å²) in [5.41, 5.74) is 8.09. The van der Waals surface area contributed by atoms with Crippen molar-refractivity contribution in [2.75, 3.05) is 19.6 Å². The predicted octanol–water partition coefficient (Wildman–Crippen LogP) is 1.67. The number of piperidine rings is 1. The van der Waals surface area contributed by atoms with Crippen LogP contribution in [0.3, 0.4) is 0 Å². The third-order valence-corrected chi connectivity index (χ3v) is 4.49. The number of hydrogen-bond acceptors (Lipinski definition) is 5. The molecule has 0 amide bonds. The summed E-state index contributed by atoms with van der Waals surface area (Å²) in [4.78, 5) is 17.1. The molecule has 0 bridgehead atoms. The van der Waals surface area contributed by atoms with Gasteiger partial charge in [0.15, 0.2) is 5.78 Å². The fourth-order valence-electron chi connectivity index (χ4n) is 3.01. The number of hydrogen-bond donors (Lipinski definition) is 2. The highest BCUT2D eigenvalue weighted by Gasteiger charge is 2.30. The van der Waals surface area contributed by atoms with Crippen molar-refractivity contribution in [1.29, 1.82) is 0 Å². The molecule has 3 unspecified atom stereocenters. The topological polar surface area (TPSA) is 78.9 Å². The van der Waals surface area contributed by atoms with Crippen LogP contribution in [-0.2, 0) is 4.79 Å². The van der Waals surface area contributed by atoms with Crippen molar-refractivity contribution in [3.8, 4) is 0 Å². The minimum absolute atomic E-state index is 0.00690. The summed E-state index contributed by atoms with van der Waals surface area (Å²) < 4.78 is 27.6. The molecule has 1 aliphatic carbocycles. The van der Waals surface area contributed by atoms with Gasteiger partial charge >= 0.3 is 0 Å². The molecule has 0 aromatic heterocycles. The summed E-state index contributed by atoms with van der Waals surface area (Å²) in [5.74, 6) is -0.0769. The van der Waals surface area contributed by atoms with Crippen LogP contribution in [0, 0.1) is 0 Å². The number of allylic oxidation sites excluding steroid dienone is 1. The van der Waals surface area contributed by atoms with E-state index in [1.807, 2.05) is 0 Å². The van der Waals surface area contributed by atoms with E-state index in [0.717, 1.165) is 0 Å². The molecule has 1 saturated carbocycles. The number of nitrogens with two attached hydrogens (primary N) is 1. The van der Waals surface area contributed by atoms with Crippen molar-refractivity contribution in [3.63, 3.8) is 0 Å². The lowest BCUT2D eigenvalue weighted by Crippen LogP contribution is -2.44. The number of carbonyl (C=O) groups excluding carboxylic acids is 1. The smallest absolute Gasteiger partial charge is 0.151 e. The number of aliphatic imine (C=N–C) groups is 1. The van der Waals surface area contributed by atoms with Crippen LogP contribution in [0.25, 0.3) is 0 Å². The predicted molar refractivity (Wildman–Crippen MR) is 89.2 cm³/mol. The van der Waals surface area contributed by atoms with Crippen LogP contribution in [0.4, 0.5) is 8.78 Å². The maximum absolute atomic E-state index is 13.8. The van der Waals surface area contributed by atoms with Gasteiger partial charge in [0, 0.05) is 24.3 Å². The Hall–Kier alpha value is -1.76. The highest BCUT2D eigenvalue weighted by atomic mass is 19.1. The highest BCUT2D eigenvalue weighted by Crippen LogP contribution is 2.29.